The molecule has 0 atom stereocenters. The molecule has 0 spiro atoms. The van der Waals surface area contributed by atoms with Crippen molar-refractivity contribution < 1.29 is 4.42 Å². The molecule has 3 aromatic heterocycles. The van der Waals surface area contributed by atoms with Crippen LogP contribution in [0.25, 0.3) is 27.7 Å². The van der Waals surface area contributed by atoms with E-state index in [9.17, 15) is 5.26 Å². The van der Waals surface area contributed by atoms with Gasteiger partial charge in [0.15, 0.2) is 5.65 Å². The van der Waals surface area contributed by atoms with E-state index in [0.717, 1.165) is 33.4 Å². The molecule has 4 rings (SSSR count). The smallest absolute Gasteiger partial charge is 0.156 e. The van der Waals surface area contributed by atoms with Gasteiger partial charge in [-0.3, -0.25) is 4.40 Å². The summed E-state index contributed by atoms with van der Waals surface area (Å²) >= 11 is 6.80. The first kappa shape index (κ1) is 16.7. The van der Waals surface area contributed by atoms with Gasteiger partial charge >= 0.3 is 0 Å². The highest BCUT2D eigenvalue weighted by Crippen LogP contribution is 2.40. The van der Waals surface area contributed by atoms with Crippen LogP contribution in [0.15, 0.2) is 41.1 Å². The molecule has 130 valence electrons. The number of nitriles is 1. The van der Waals surface area contributed by atoms with Crippen molar-refractivity contribution in [2.45, 2.75) is 33.1 Å². The average molecular weight is 364 g/mol. The maximum absolute atomic E-state index is 9.78. The zero-order valence-electron chi connectivity index (χ0n) is 15.1. The summed E-state index contributed by atoms with van der Waals surface area (Å²) < 4.78 is 7.50. The van der Waals surface area contributed by atoms with Crippen LogP contribution in [0, 0.1) is 18.3 Å². The van der Waals surface area contributed by atoms with Crippen molar-refractivity contribution in [2.75, 3.05) is 0 Å². The van der Waals surface area contributed by atoms with Crippen LogP contribution >= 0.6 is 11.6 Å². The van der Waals surface area contributed by atoms with Gasteiger partial charge in [0.2, 0.25) is 0 Å². The zero-order valence-corrected chi connectivity index (χ0v) is 15.8. The molecule has 3 heterocycles. The second-order valence-corrected chi connectivity index (χ2v) is 7.85. The molecule has 0 radical (unpaired) electrons. The van der Waals surface area contributed by atoms with E-state index in [1.54, 1.807) is 6.26 Å². The van der Waals surface area contributed by atoms with Gasteiger partial charge in [-0.2, -0.15) is 5.26 Å². The van der Waals surface area contributed by atoms with Crippen molar-refractivity contribution in [3.05, 3.63) is 58.7 Å². The second-order valence-electron chi connectivity index (χ2n) is 7.49. The van der Waals surface area contributed by atoms with E-state index < -0.39 is 0 Å². The Morgan fingerprint density at radius 1 is 1.23 bits per heavy atom. The lowest BCUT2D eigenvalue weighted by Gasteiger charge is -2.13. The number of benzene rings is 1. The lowest BCUT2D eigenvalue weighted by molar-refractivity contribution is 0.573. The van der Waals surface area contributed by atoms with Gasteiger partial charge in [-0.25, -0.2) is 4.98 Å². The SMILES string of the molecule is Cc1c(-c2coc3ccccc23)c(Cl)n2cc(C(C)(C)C)nc2c1C#N. The van der Waals surface area contributed by atoms with Crippen LogP contribution in [-0.2, 0) is 5.41 Å². The minimum absolute atomic E-state index is 0.140. The van der Waals surface area contributed by atoms with Crippen LogP contribution in [0.1, 0.15) is 37.6 Å². The zero-order chi connectivity index (χ0) is 18.6. The number of aromatic nitrogens is 2. The Bertz CT molecular complexity index is 1200. The molecule has 0 saturated heterocycles. The van der Waals surface area contributed by atoms with Crippen molar-refractivity contribution in [3.63, 3.8) is 0 Å². The summed E-state index contributed by atoms with van der Waals surface area (Å²) in [6, 6.07) is 10.1. The molecule has 0 aliphatic carbocycles. The summed E-state index contributed by atoms with van der Waals surface area (Å²) in [5.74, 6) is 0. The van der Waals surface area contributed by atoms with Crippen LogP contribution in [0.3, 0.4) is 0 Å². The highest BCUT2D eigenvalue weighted by Gasteiger charge is 2.25. The Kier molecular flexibility index (Phi) is 3.61. The number of hydrogen-bond acceptors (Lipinski definition) is 3. The van der Waals surface area contributed by atoms with Gasteiger partial charge in [-0.05, 0) is 18.6 Å². The number of furan rings is 1. The maximum atomic E-state index is 9.78. The molecule has 0 aliphatic heterocycles. The van der Waals surface area contributed by atoms with E-state index in [1.807, 2.05) is 41.8 Å². The normalized spacial score (nSPS) is 12.0. The Morgan fingerprint density at radius 3 is 2.65 bits per heavy atom. The van der Waals surface area contributed by atoms with Gasteiger partial charge < -0.3 is 4.42 Å². The summed E-state index contributed by atoms with van der Waals surface area (Å²) in [5.41, 5.74) is 5.16. The Morgan fingerprint density at radius 2 is 1.96 bits per heavy atom. The summed E-state index contributed by atoms with van der Waals surface area (Å²) in [7, 11) is 0. The molecule has 0 fully saturated rings. The van der Waals surface area contributed by atoms with Gasteiger partial charge in [0.05, 0.1) is 17.5 Å². The molecule has 0 aliphatic rings. The Hall–Kier alpha value is -2.77. The molecular weight excluding hydrogens is 346 g/mol. The molecule has 5 heteroatoms. The van der Waals surface area contributed by atoms with Crippen molar-refractivity contribution in [1.82, 2.24) is 9.38 Å². The van der Waals surface area contributed by atoms with Crippen molar-refractivity contribution in [1.29, 1.82) is 5.26 Å². The third kappa shape index (κ3) is 2.32. The number of pyridine rings is 1. The number of para-hydroxylation sites is 1. The van der Waals surface area contributed by atoms with E-state index in [-0.39, 0.29) is 5.41 Å². The molecule has 1 aromatic carbocycles. The fraction of sp³-hybridized carbons (Fsp3) is 0.238. The van der Waals surface area contributed by atoms with Crippen molar-refractivity contribution >= 4 is 28.2 Å². The molecule has 4 aromatic rings. The molecular formula is C21H18ClN3O. The van der Waals surface area contributed by atoms with Crippen LogP contribution in [0.5, 0.6) is 0 Å². The first-order valence-electron chi connectivity index (χ1n) is 8.41. The second kappa shape index (κ2) is 5.62. The summed E-state index contributed by atoms with van der Waals surface area (Å²) in [5, 5.41) is 11.3. The van der Waals surface area contributed by atoms with Gasteiger partial charge in [-0.1, -0.05) is 50.6 Å². The number of fused-ring (bicyclic) bond motifs is 2. The lowest BCUT2D eigenvalue weighted by Crippen LogP contribution is -2.11. The highest BCUT2D eigenvalue weighted by molar-refractivity contribution is 6.33. The number of halogens is 1. The van der Waals surface area contributed by atoms with Gasteiger partial charge in [0.25, 0.3) is 0 Å². The van der Waals surface area contributed by atoms with E-state index in [0.29, 0.717) is 16.4 Å². The number of nitrogens with zero attached hydrogens (tertiary/aromatic N) is 3. The maximum Gasteiger partial charge on any atom is 0.156 e. The molecule has 26 heavy (non-hydrogen) atoms. The summed E-state index contributed by atoms with van der Waals surface area (Å²) in [4.78, 5) is 4.69. The first-order chi connectivity index (χ1) is 12.3. The molecule has 0 bridgehead atoms. The lowest BCUT2D eigenvalue weighted by atomic mass is 9.93. The quantitative estimate of drug-likeness (QED) is 0.397. The van der Waals surface area contributed by atoms with Crippen LogP contribution in [0.4, 0.5) is 0 Å². The Balaban J connectivity index is 2.12. The van der Waals surface area contributed by atoms with Crippen molar-refractivity contribution in [3.8, 4) is 17.2 Å². The number of hydrogen-bond donors (Lipinski definition) is 0. The standard InChI is InChI=1S/C21H18ClN3O/c1-12-14(9-23)20-24-17(21(2,3)4)10-25(20)19(22)18(12)15-11-26-16-8-6-5-7-13(15)16/h5-8,10-11H,1-4H3. The van der Waals surface area contributed by atoms with Crippen molar-refractivity contribution in [2.24, 2.45) is 0 Å². The first-order valence-corrected chi connectivity index (χ1v) is 8.79. The number of rotatable bonds is 1. The predicted molar refractivity (Wildman–Crippen MR) is 104 cm³/mol. The van der Waals surface area contributed by atoms with E-state index in [1.165, 1.54) is 0 Å². The van der Waals surface area contributed by atoms with E-state index in [2.05, 4.69) is 26.8 Å². The summed E-state index contributed by atoms with van der Waals surface area (Å²) in [6.07, 6.45) is 3.62. The van der Waals surface area contributed by atoms with E-state index >= 15 is 0 Å². The van der Waals surface area contributed by atoms with Gasteiger partial charge in [0, 0.05) is 28.1 Å². The molecule has 0 amide bonds. The molecule has 4 nitrogen and oxygen atoms in total. The van der Waals surface area contributed by atoms with Crippen LogP contribution < -0.4 is 0 Å². The van der Waals surface area contributed by atoms with Crippen LogP contribution in [-0.4, -0.2) is 9.38 Å². The third-order valence-electron chi connectivity index (χ3n) is 4.73. The van der Waals surface area contributed by atoms with Crippen LogP contribution in [0.2, 0.25) is 5.15 Å². The highest BCUT2D eigenvalue weighted by atomic mass is 35.5. The molecule has 0 N–H and O–H groups in total. The minimum Gasteiger partial charge on any atom is -0.464 e. The fourth-order valence-corrected chi connectivity index (χ4v) is 3.63. The largest absolute Gasteiger partial charge is 0.464 e. The molecule has 0 unspecified atom stereocenters. The summed E-state index contributed by atoms with van der Waals surface area (Å²) in [6.45, 7) is 8.18. The van der Waals surface area contributed by atoms with Gasteiger partial charge in [0.1, 0.15) is 16.8 Å². The van der Waals surface area contributed by atoms with E-state index in [4.69, 9.17) is 21.0 Å². The number of imidazole rings is 1. The minimum atomic E-state index is -0.140. The molecule has 0 saturated carbocycles. The Labute approximate surface area is 156 Å². The average Bonchev–Trinajstić information content (AvgIpc) is 3.20. The third-order valence-corrected chi connectivity index (χ3v) is 5.10. The predicted octanol–water partition coefficient (Wildman–Crippen LogP) is 5.88. The van der Waals surface area contributed by atoms with Gasteiger partial charge in [-0.15, -0.1) is 0 Å². The fourth-order valence-electron chi connectivity index (χ4n) is 3.25. The topological polar surface area (TPSA) is 54.2 Å². The monoisotopic (exact) mass is 363 g/mol.